The molecule has 0 radical (unpaired) electrons. The molecule has 0 aliphatic heterocycles. The fraction of sp³-hybridized carbons (Fsp3) is 0.500. The topological polar surface area (TPSA) is 32.3 Å². The van der Waals surface area contributed by atoms with Crippen molar-refractivity contribution >= 4 is 5.91 Å². The van der Waals surface area contributed by atoms with Gasteiger partial charge in [-0.05, 0) is 32.1 Å². The second-order valence-electron chi connectivity index (χ2n) is 4.26. The van der Waals surface area contributed by atoms with Crippen molar-refractivity contribution in [2.45, 2.75) is 26.8 Å². The Balaban J connectivity index is 2.54. The SMILES string of the molecule is CCN(CC)C(C)CNC(=O)c1ccccc1F. The Labute approximate surface area is 108 Å². The standard InChI is InChI=1S/C14H21FN2O/c1-4-17(5-2)11(3)10-16-14(18)12-8-6-7-9-13(12)15/h6-9,11H,4-5,10H2,1-3H3,(H,16,18). The predicted molar refractivity (Wildman–Crippen MR) is 71.1 cm³/mol. The van der Waals surface area contributed by atoms with Crippen LogP contribution in [0.1, 0.15) is 31.1 Å². The van der Waals surface area contributed by atoms with Crippen LogP contribution in [-0.2, 0) is 0 Å². The van der Waals surface area contributed by atoms with E-state index in [0.717, 1.165) is 13.1 Å². The van der Waals surface area contributed by atoms with E-state index in [2.05, 4.69) is 31.0 Å². The number of nitrogens with one attached hydrogen (secondary N) is 1. The van der Waals surface area contributed by atoms with Crippen LogP contribution in [0.2, 0.25) is 0 Å². The van der Waals surface area contributed by atoms with Gasteiger partial charge in [0.2, 0.25) is 0 Å². The Bertz CT molecular complexity index is 391. The molecule has 100 valence electrons. The highest BCUT2D eigenvalue weighted by molar-refractivity contribution is 5.94. The average Bonchev–Trinajstić information content (AvgIpc) is 2.38. The zero-order valence-corrected chi connectivity index (χ0v) is 11.2. The molecule has 0 aromatic heterocycles. The van der Waals surface area contributed by atoms with Crippen molar-refractivity contribution < 1.29 is 9.18 Å². The van der Waals surface area contributed by atoms with Gasteiger partial charge in [0.15, 0.2) is 0 Å². The molecule has 0 spiro atoms. The number of rotatable bonds is 6. The monoisotopic (exact) mass is 252 g/mol. The number of amides is 1. The number of benzene rings is 1. The van der Waals surface area contributed by atoms with E-state index in [1.54, 1.807) is 12.1 Å². The molecule has 1 unspecified atom stereocenters. The minimum absolute atomic E-state index is 0.101. The minimum Gasteiger partial charge on any atom is -0.350 e. The maximum Gasteiger partial charge on any atom is 0.254 e. The Hall–Kier alpha value is -1.42. The van der Waals surface area contributed by atoms with Gasteiger partial charge in [-0.15, -0.1) is 0 Å². The number of hydrogen-bond donors (Lipinski definition) is 1. The maximum absolute atomic E-state index is 13.4. The minimum atomic E-state index is -0.481. The van der Waals surface area contributed by atoms with Crippen LogP contribution in [0.15, 0.2) is 24.3 Å². The van der Waals surface area contributed by atoms with Gasteiger partial charge in [-0.2, -0.15) is 0 Å². The summed E-state index contributed by atoms with van der Waals surface area (Å²) in [6.07, 6.45) is 0. The molecule has 0 bridgehead atoms. The van der Waals surface area contributed by atoms with Crippen molar-refractivity contribution in [3.63, 3.8) is 0 Å². The Morgan fingerprint density at radius 2 is 1.94 bits per heavy atom. The second kappa shape index (κ2) is 7.11. The number of carbonyl (C=O) groups excluding carboxylic acids is 1. The van der Waals surface area contributed by atoms with Gasteiger partial charge >= 0.3 is 0 Å². The van der Waals surface area contributed by atoms with Crippen molar-refractivity contribution in [1.29, 1.82) is 0 Å². The fourth-order valence-electron chi connectivity index (χ4n) is 1.96. The lowest BCUT2D eigenvalue weighted by Crippen LogP contribution is -2.42. The summed E-state index contributed by atoms with van der Waals surface area (Å²) in [5.41, 5.74) is 0.101. The van der Waals surface area contributed by atoms with Crippen molar-refractivity contribution in [1.82, 2.24) is 10.2 Å². The van der Waals surface area contributed by atoms with E-state index < -0.39 is 5.82 Å². The van der Waals surface area contributed by atoms with E-state index >= 15 is 0 Å². The zero-order valence-electron chi connectivity index (χ0n) is 11.2. The van der Waals surface area contributed by atoms with Crippen molar-refractivity contribution in [3.8, 4) is 0 Å². The third-order valence-electron chi connectivity index (χ3n) is 3.11. The first-order chi connectivity index (χ1) is 8.60. The molecule has 18 heavy (non-hydrogen) atoms. The Morgan fingerprint density at radius 1 is 1.33 bits per heavy atom. The predicted octanol–water partition coefficient (Wildman–Crippen LogP) is 2.29. The number of hydrogen-bond acceptors (Lipinski definition) is 2. The molecule has 4 heteroatoms. The third-order valence-corrected chi connectivity index (χ3v) is 3.11. The van der Waals surface area contributed by atoms with Crippen LogP contribution in [0.4, 0.5) is 4.39 Å². The lowest BCUT2D eigenvalue weighted by atomic mass is 10.2. The normalized spacial score (nSPS) is 12.5. The Kier molecular flexibility index (Phi) is 5.78. The van der Waals surface area contributed by atoms with E-state index in [-0.39, 0.29) is 17.5 Å². The van der Waals surface area contributed by atoms with Crippen molar-refractivity contribution in [2.75, 3.05) is 19.6 Å². The number of nitrogens with zero attached hydrogens (tertiary/aromatic N) is 1. The summed E-state index contributed by atoms with van der Waals surface area (Å²) in [5, 5.41) is 2.77. The van der Waals surface area contributed by atoms with Crippen molar-refractivity contribution in [3.05, 3.63) is 35.6 Å². The molecular formula is C14H21FN2O. The molecule has 0 aliphatic rings. The van der Waals surface area contributed by atoms with Gasteiger partial charge in [0.1, 0.15) is 5.82 Å². The summed E-state index contributed by atoms with van der Waals surface area (Å²) in [6, 6.07) is 6.27. The van der Waals surface area contributed by atoms with Gasteiger partial charge in [0, 0.05) is 12.6 Å². The van der Waals surface area contributed by atoms with E-state index in [0.29, 0.717) is 6.54 Å². The maximum atomic E-state index is 13.4. The third kappa shape index (κ3) is 3.81. The van der Waals surface area contributed by atoms with E-state index in [4.69, 9.17) is 0 Å². The second-order valence-corrected chi connectivity index (χ2v) is 4.26. The summed E-state index contributed by atoms with van der Waals surface area (Å²) in [7, 11) is 0. The average molecular weight is 252 g/mol. The van der Waals surface area contributed by atoms with Crippen LogP contribution < -0.4 is 5.32 Å². The molecule has 1 amide bonds. The van der Waals surface area contributed by atoms with Gasteiger partial charge in [0.25, 0.3) is 5.91 Å². The van der Waals surface area contributed by atoms with E-state index in [1.807, 2.05) is 0 Å². The quantitative estimate of drug-likeness (QED) is 0.842. The highest BCUT2D eigenvalue weighted by Gasteiger charge is 2.14. The van der Waals surface area contributed by atoms with Gasteiger partial charge in [-0.3, -0.25) is 9.69 Å². The number of likely N-dealkylation sites (N-methyl/N-ethyl adjacent to an activating group) is 1. The fourth-order valence-corrected chi connectivity index (χ4v) is 1.96. The van der Waals surface area contributed by atoms with Gasteiger partial charge in [-0.1, -0.05) is 26.0 Å². The smallest absolute Gasteiger partial charge is 0.254 e. The first-order valence-corrected chi connectivity index (χ1v) is 6.36. The van der Waals surface area contributed by atoms with E-state index in [9.17, 15) is 9.18 Å². The molecule has 1 N–H and O–H groups in total. The van der Waals surface area contributed by atoms with Crippen LogP contribution in [0.25, 0.3) is 0 Å². The van der Waals surface area contributed by atoms with Crippen LogP contribution in [0, 0.1) is 5.82 Å². The molecule has 1 atom stereocenters. The largest absolute Gasteiger partial charge is 0.350 e. The summed E-state index contributed by atoms with van der Waals surface area (Å²) in [5.74, 6) is -0.836. The van der Waals surface area contributed by atoms with Crippen LogP contribution in [-0.4, -0.2) is 36.5 Å². The highest BCUT2D eigenvalue weighted by Crippen LogP contribution is 2.06. The molecule has 0 fully saturated rings. The van der Waals surface area contributed by atoms with Gasteiger partial charge < -0.3 is 5.32 Å². The van der Waals surface area contributed by atoms with Gasteiger partial charge in [0.05, 0.1) is 5.56 Å². The number of carbonyl (C=O) groups is 1. The van der Waals surface area contributed by atoms with Crippen molar-refractivity contribution in [2.24, 2.45) is 0 Å². The molecule has 1 aromatic rings. The molecular weight excluding hydrogens is 231 g/mol. The molecule has 0 saturated carbocycles. The molecule has 1 aromatic carbocycles. The highest BCUT2D eigenvalue weighted by atomic mass is 19.1. The zero-order chi connectivity index (χ0) is 13.5. The summed E-state index contributed by atoms with van der Waals surface area (Å²) in [4.78, 5) is 14.0. The van der Waals surface area contributed by atoms with Crippen LogP contribution in [0.5, 0.6) is 0 Å². The first kappa shape index (κ1) is 14.6. The summed E-state index contributed by atoms with van der Waals surface area (Å²) in [6.45, 7) is 8.61. The molecule has 0 aliphatic carbocycles. The molecule has 1 rings (SSSR count). The molecule has 3 nitrogen and oxygen atoms in total. The molecule has 0 heterocycles. The number of halogens is 1. The lowest BCUT2D eigenvalue weighted by Gasteiger charge is -2.26. The lowest BCUT2D eigenvalue weighted by molar-refractivity contribution is 0.0934. The van der Waals surface area contributed by atoms with Crippen LogP contribution >= 0.6 is 0 Å². The van der Waals surface area contributed by atoms with Gasteiger partial charge in [-0.25, -0.2) is 4.39 Å². The van der Waals surface area contributed by atoms with Crippen LogP contribution in [0.3, 0.4) is 0 Å². The summed E-state index contributed by atoms with van der Waals surface area (Å²) >= 11 is 0. The first-order valence-electron chi connectivity index (χ1n) is 6.36. The van der Waals surface area contributed by atoms with E-state index in [1.165, 1.54) is 12.1 Å². The Morgan fingerprint density at radius 3 is 2.50 bits per heavy atom. The molecule has 0 saturated heterocycles. The summed E-state index contributed by atoms with van der Waals surface area (Å²) < 4.78 is 13.4.